The SMILES string of the molecule is CC(C)CNC(=O)c1ccccc1N1C(=O)[C@@H]2Cc3c([nH]c4ccccc34)[C@@H](C)N2C1=O. The standard InChI is InChI=1S/C25H26N4O3/c1-14(2)13-26-23(30)17-9-5-7-11-20(17)29-24(31)21-12-18-16-8-4-6-10-19(16)27-22(18)15(3)28(21)25(29)32/h4-11,14-15,21,27H,12-13H2,1-3H3,(H,26,30)/t15-,21+/m1/s1. The van der Waals surface area contributed by atoms with Crippen molar-refractivity contribution in [2.75, 3.05) is 11.4 Å². The molecule has 2 aliphatic rings. The first kappa shape index (κ1) is 20.3. The largest absolute Gasteiger partial charge is 0.356 e. The molecule has 0 radical (unpaired) electrons. The van der Waals surface area contributed by atoms with E-state index >= 15 is 0 Å². The molecule has 4 amide bonds. The van der Waals surface area contributed by atoms with E-state index in [-0.39, 0.29) is 23.9 Å². The van der Waals surface area contributed by atoms with Gasteiger partial charge in [-0.1, -0.05) is 44.2 Å². The molecule has 5 rings (SSSR count). The van der Waals surface area contributed by atoms with E-state index in [1.165, 1.54) is 4.90 Å². The Morgan fingerprint density at radius 2 is 1.84 bits per heavy atom. The lowest BCUT2D eigenvalue weighted by Gasteiger charge is -2.33. The van der Waals surface area contributed by atoms with E-state index in [0.717, 1.165) is 22.2 Å². The first-order valence-corrected chi connectivity index (χ1v) is 11.0. The summed E-state index contributed by atoms with van der Waals surface area (Å²) in [5.74, 6) is -0.286. The van der Waals surface area contributed by atoms with Crippen LogP contribution in [0.3, 0.4) is 0 Å². The van der Waals surface area contributed by atoms with Crippen molar-refractivity contribution in [3.8, 4) is 0 Å². The van der Waals surface area contributed by atoms with Crippen molar-refractivity contribution in [3.05, 3.63) is 65.4 Å². The molecule has 0 unspecified atom stereocenters. The molecular formula is C25H26N4O3. The van der Waals surface area contributed by atoms with Crippen LogP contribution in [0.5, 0.6) is 0 Å². The van der Waals surface area contributed by atoms with E-state index in [0.29, 0.717) is 30.1 Å². The van der Waals surface area contributed by atoms with Crippen molar-refractivity contribution in [2.24, 2.45) is 5.92 Å². The van der Waals surface area contributed by atoms with Crippen LogP contribution in [0.2, 0.25) is 0 Å². The zero-order valence-electron chi connectivity index (χ0n) is 18.4. The average molecular weight is 431 g/mol. The molecule has 0 saturated carbocycles. The van der Waals surface area contributed by atoms with Crippen molar-refractivity contribution in [1.82, 2.24) is 15.2 Å². The maximum absolute atomic E-state index is 13.5. The van der Waals surface area contributed by atoms with Crippen LogP contribution >= 0.6 is 0 Å². The van der Waals surface area contributed by atoms with E-state index in [1.807, 2.05) is 45.0 Å². The number of urea groups is 1. The van der Waals surface area contributed by atoms with Crippen molar-refractivity contribution >= 4 is 34.4 Å². The molecule has 2 aromatic carbocycles. The molecule has 7 nitrogen and oxygen atoms in total. The van der Waals surface area contributed by atoms with Gasteiger partial charge in [0.1, 0.15) is 6.04 Å². The number of anilines is 1. The number of hydrogen-bond donors (Lipinski definition) is 2. The van der Waals surface area contributed by atoms with Crippen LogP contribution in [-0.2, 0) is 11.2 Å². The number of rotatable bonds is 4. The molecule has 3 heterocycles. The third kappa shape index (κ3) is 2.99. The number of aromatic nitrogens is 1. The number of nitrogens with zero attached hydrogens (tertiary/aromatic N) is 2. The maximum atomic E-state index is 13.5. The fourth-order valence-electron chi connectivity index (χ4n) is 4.84. The Bertz CT molecular complexity index is 1240. The van der Waals surface area contributed by atoms with Crippen LogP contribution in [-0.4, -0.2) is 40.3 Å². The van der Waals surface area contributed by atoms with E-state index < -0.39 is 6.04 Å². The second-order valence-corrected chi connectivity index (χ2v) is 8.94. The van der Waals surface area contributed by atoms with Crippen LogP contribution in [0, 0.1) is 5.92 Å². The highest BCUT2D eigenvalue weighted by molar-refractivity contribution is 6.24. The number of carbonyl (C=O) groups is 3. The number of fused-ring (bicyclic) bond motifs is 4. The topological polar surface area (TPSA) is 85.5 Å². The van der Waals surface area contributed by atoms with E-state index in [4.69, 9.17) is 0 Å². The minimum atomic E-state index is -0.587. The molecule has 0 bridgehead atoms. The van der Waals surface area contributed by atoms with Crippen LogP contribution < -0.4 is 10.2 Å². The highest BCUT2D eigenvalue weighted by Crippen LogP contribution is 2.42. The number of carbonyl (C=O) groups excluding carboxylic acids is 3. The predicted octanol–water partition coefficient (Wildman–Crippen LogP) is 4.01. The summed E-state index contributed by atoms with van der Waals surface area (Å²) < 4.78 is 0. The van der Waals surface area contributed by atoms with Crippen molar-refractivity contribution in [1.29, 1.82) is 0 Å². The van der Waals surface area contributed by atoms with E-state index in [9.17, 15) is 14.4 Å². The number of amides is 4. The minimum Gasteiger partial charge on any atom is -0.356 e. The van der Waals surface area contributed by atoms with Gasteiger partial charge in [0, 0.05) is 29.6 Å². The quantitative estimate of drug-likeness (QED) is 0.614. The van der Waals surface area contributed by atoms with Gasteiger partial charge in [0.15, 0.2) is 0 Å². The molecule has 1 aromatic heterocycles. The molecule has 2 aliphatic heterocycles. The van der Waals surface area contributed by atoms with Gasteiger partial charge in [-0.2, -0.15) is 0 Å². The number of para-hydroxylation sites is 2. The van der Waals surface area contributed by atoms with E-state index in [2.05, 4.69) is 10.3 Å². The third-order valence-electron chi connectivity index (χ3n) is 6.39. The second-order valence-electron chi connectivity index (χ2n) is 8.94. The summed E-state index contributed by atoms with van der Waals surface area (Å²) in [5.41, 5.74) is 3.72. The highest BCUT2D eigenvalue weighted by atomic mass is 16.2. The molecule has 0 spiro atoms. The fourth-order valence-corrected chi connectivity index (χ4v) is 4.84. The molecule has 2 atom stereocenters. The lowest BCUT2D eigenvalue weighted by atomic mass is 9.93. The van der Waals surface area contributed by atoms with Crippen LogP contribution in [0.1, 0.15) is 48.4 Å². The lowest BCUT2D eigenvalue weighted by molar-refractivity contribution is -0.120. The van der Waals surface area contributed by atoms with E-state index in [1.54, 1.807) is 29.2 Å². The highest BCUT2D eigenvalue weighted by Gasteiger charge is 2.52. The predicted molar refractivity (Wildman–Crippen MR) is 123 cm³/mol. The zero-order valence-corrected chi connectivity index (χ0v) is 18.4. The van der Waals surface area contributed by atoms with Crippen molar-refractivity contribution < 1.29 is 14.4 Å². The molecule has 0 aliphatic carbocycles. The molecule has 32 heavy (non-hydrogen) atoms. The normalized spacial score (nSPS) is 20.1. The Morgan fingerprint density at radius 1 is 1.12 bits per heavy atom. The fraction of sp³-hybridized carbons (Fsp3) is 0.320. The molecule has 1 saturated heterocycles. The van der Waals surface area contributed by atoms with Crippen LogP contribution in [0.4, 0.5) is 10.5 Å². The van der Waals surface area contributed by atoms with Gasteiger partial charge in [-0.3, -0.25) is 9.59 Å². The molecule has 1 fully saturated rings. The monoisotopic (exact) mass is 430 g/mol. The number of H-pyrrole nitrogens is 1. The van der Waals surface area contributed by atoms with Gasteiger partial charge >= 0.3 is 6.03 Å². The third-order valence-corrected chi connectivity index (χ3v) is 6.39. The number of hydrogen-bond acceptors (Lipinski definition) is 3. The Morgan fingerprint density at radius 3 is 2.62 bits per heavy atom. The Hall–Kier alpha value is -3.61. The minimum absolute atomic E-state index is 0.278. The van der Waals surface area contributed by atoms with Gasteiger partial charge in [0.25, 0.3) is 11.8 Å². The maximum Gasteiger partial charge on any atom is 0.332 e. The van der Waals surface area contributed by atoms with Crippen molar-refractivity contribution in [2.45, 2.75) is 39.3 Å². The first-order chi connectivity index (χ1) is 15.4. The number of aromatic amines is 1. The number of benzene rings is 2. The van der Waals surface area contributed by atoms with Gasteiger partial charge in [0.05, 0.1) is 17.3 Å². The van der Waals surface area contributed by atoms with Gasteiger partial charge in [-0.25, -0.2) is 9.69 Å². The summed E-state index contributed by atoms with van der Waals surface area (Å²) in [6, 6.07) is 13.5. The number of nitrogens with one attached hydrogen (secondary N) is 2. The Labute approximate surface area is 186 Å². The summed E-state index contributed by atoms with van der Waals surface area (Å²) in [7, 11) is 0. The first-order valence-electron chi connectivity index (χ1n) is 11.0. The molecular weight excluding hydrogens is 404 g/mol. The summed E-state index contributed by atoms with van der Waals surface area (Å²) in [6.45, 7) is 6.48. The smallest absolute Gasteiger partial charge is 0.332 e. The molecule has 2 N–H and O–H groups in total. The summed E-state index contributed by atoms with van der Waals surface area (Å²) in [4.78, 5) is 46.1. The Kier molecular flexibility index (Phi) is 4.77. The van der Waals surface area contributed by atoms with Crippen molar-refractivity contribution in [3.63, 3.8) is 0 Å². The average Bonchev–Trinajstić information content (AvgIpc) is 3.28. The molecule has 7 heteroatoms. The number of imide groups is 1. The van der Waals surface area contributed by atoms with Gasteiger partial charge < -0.3 is 15.2 Å². The molecule has 3 aromatic rings. The van der Waals surface area contributed by atoms with Gasteiger partial charge in [-0.05, 0) is 36.6 Å². The van der Waals surface area contributed by atoms with Gasteiger partial charge in [0.2, 0.25) is 0 Å². The Balaban J connectivity index is 1.52. The molecule has 164 valence electrons. The van der Waals surface area contributed by atoms with Crippen LogP contribution in [0.25, 0.3) is 10.9 Å². The second kappa shape index (κ2) is 7.51. The summed E-state index contributed by atoms with van der Waals surface area (Å²) in [6.07, 6.45) is 0.451. The summed E-state index contributed by atoms with van der Waals surface area (Å²) >= 11 is 0. The van der Waals surface area contributed by atoms with Crippen LogP contribution in [0.15, 0.2) is 48.5 Å². The zero-order chi connectivity index (χ0) is 22.6. The van der Waals surface area contributed by atoms with Gasteiger partial charge in [-0.15, -0.1) is 0 Å². The lowest BCUT2D eigenvalue weighted by Crippen LogP contribution is -2.42. The summed E-state index contributed by atoms with van der Waals surface area (Å²) in [5, 5.41) is 3.97.